The summed E-state index contributed by atoms with van der Waals surface area (Å²) >= 11 is 0. The lowest BCUT2D eigenvalue weighted by molar-refractivity contribution is -0.274. The lowest BCUT2D eigenvalue weighted by atomic mass is 9.99. The van der Waals surface area contributed by atoms with Gasteiger partial charge in [-0.2, -0.15) is 4.98 Å². The summed E-state index contributed by atoms with van der Waals surface area (Å²) in [5.41, 5.74) is 1.50. The summed E-state index contributed by atoms with van der Waals surface area (Å²) in [7, 11) is 0. The van der Waals surface area contributed by atoms with Crippen molar-refractivity contribution in [1.82, 2.24) is 24.8 Å². The molecule has 0 aliphatic carbocycles. The number of anilines is 1. The molecule has 2 N–H and O–H groups in total. The minimum Gasteiger partial charge on any atom is -0.405 e. The van der Waals surface area contributed by atoms with Gasteiger partial charge in [0, 0.05) is 13.1 Å². The summed E-state index contributed by atoms with van der Waals surface area (Å²) in [5, 5.41) is 6.33. The zero-order chi connectivity index (χ0) is 26.0. The van der Waals surface area contributed by atoms with E-state index in [2.05, 4.69) is 30.3 Å². The predicted octanol–water partition coefficient (Wildman–Crippen LogP) is 5.28. The van der Waals surface area contributed by atoms with Crippen LogP contribution in [0.15, 0.2) is 48.7 Å². The van der Waals surface area contributed by atoms with Crippen LogP contribution >= 0.6 is 0 Å². The first kappa shape index (κ1) is 24.9. The van der Waals surface area contributed by atoms with E-state index in [0.29, 0.717) is 23.3 Å². The van der Waals surface area contributed by atoms with E-state index >= 15 is 0 Å². The predicted molar refractivity (Wildman–Crippen MR) is 127 cm³/mol. The van der Waals surface area contributed by atoms with Crippen LogP contribution in [0, 0.1) is 17.6 Å². The van der Waals surface area contributed by atoms with Crippen molar-refractivity contribution in [3.63, 3.8) is 0 Å². The molecule has 0 amide bonds. The Bertz CT molecular complexity index is 1400. The largest absolute Gasteiger partial charge is 0.573 e. The molecular formula is C25H23F5N6O. The van der Waals surface area contributed by atoms with Crippen LogP contribution in [0.3, 0.4) is 0 Å². The number of hydrogen-bond donors (Lipinski definition) is 2. The third kappa shape index (κ3) is 5.79. The van der Waals surface area contributed by atoms with Gasteiger partial charge in [-0.1, -0.05) is 18.2 Å². The van der Waals surface area contributed by atoms with Crippen LogP contribution in [0.25, 0.3) is 22.6 Å². The van der Waals surface area contributed by atoms with E-state index in [1.165, 1.54) is 30.5 Å². The van der Waals surface area contributed by atoms with E-state index in [4.69, 9.17) is 0 Å². The molecule has 37 heavy (non-hydrogen) atoms. The van der Waals surface area contributed by atoms with E-state index in [0.717, 1.165) is 38.1 Å². The van der Waals surface area contributed by atoms with Gasteiger partial charge in [-0.05, 0) is 61.7 Å². The maximum Gasteiger partial charge on any atom is 0.573 e. The fourth-order valence-corrected chi connectivity index (χ4v) is 4.42. The van der Waals surface area contributed by atoms with Crippen molar-refractivity contribution in [3.05, 3.63) is 65.9 Å². The van der Waals surface area contributed by atoms with E-state index in [-0.39, 0.29) is 35.5 Å². The molecule has 3 heterocycles. The molecule has 1 aliphatic rings. The van der Waals surface area contributed by atoms with E-state index in [1.54, 1.807) is 10.6 Å². The van der Waals surface area contributed by atoms with Gasteiger partial charge in [-0.25, -0.2) is 18.7 Å². The van der Waals surface area contributed by atoms with Crippen molar-refractivity contribution in [3.8, 4) is 17.1 Å². The number of halogens is 5. The molecule has 1 fully saturated rings. The average Bonchev–Trinajstić information content (AvgIpc) is 3.22. The van der Waals surface area contributed by atoms with Gasteiger partial charge in [-0.3, -0.25) is 0 Å². The molecule has 1 aliphatic heterocycles. The Kier molecular flexibility index (Phi) is 6.92. The molecule has 5 rings (SSSR count). The second-order valence-electron chi connectivity index (χ2n) is 8.81. The van der Waals surface area contributed by atoms with Gasteiger partial charge in [0.25, 0.3) is 0 Å². The van der Waals surface area contributed by atoms with Crippen molar-refractivity contribution >= 4 is 17.1 Å². The summed E-state index contributed by atoms with van der Waals surface area (Å²) in [4.78, 5) is 13.4. The molecule has 1 saturated heterocycles. The summed E-state index contributed by atoms with van der Waals surface area (Å²) in [6.07, 6.45) is -1.46. The SMILES string of the molecule is Fc1ccc(CNc2ncc3nc(-c4ccccc4OC(F)(F)F)n(C[C@@H]4CCCNC4)c3n2)cc1F. The Morgan fingerprint density at radius 3 is 2.68 bits per heavy atom. The van der Waals surface area contributed by atoms with Crippen LogP contribution in [0.1, 0.15) is 18.4 Å². The third-order valence-electron chi connectivity index (χ3n) is 6.12. The van der Waals surface area contributed by atoms with Gasteiger partial charge >= 0.3 is 6.36 Å². The van der Waals surface area contributed by atoms with Crippen LogP contribution in [0.2, 0.25) is 0 Å². The highest BCUT2D eigenvalue weighted by Crippen LogP contribution is 2.35. The lowest BCUT2D eigenvalue weighted by Gasteiger charge is -2.24. The van der Waals surface area contributed by atoms with Crippen molar-refractivity contribution in [2.24, 2.45) is 5.92 Å². The quantitative estimate of drug-likeness (QED) is 0.324. The number of benzene rings is 2. The molecule has 1 atom stereocenters. The highest BCUT2D eigenvalue weighted by molar-refractivity contribution is 5.79. The zero-order valence-corrected chi connectivity index (χ0v) is 19.5. The van der Waals surface area contributed by atoms with Crippen molar-refractivity contribution < 1.29 is 26.7 Å². The van der Waals surface area contributed by atoms with Crippen LogP contribution in [-0.4, -0.2) is 39.0 Å². The van der Waals surface area contributed by atoms with Gasteiger partial charge in [0.05, 0.1) is 11.8 Å². The summed E-state index contributed by atoms with van der Waals surface area (Å²) in [5.74, 6) is -1.55. The van der Waals surface area contributed by atoms with Gasteiger partial charge in [0.15, 0.2) is 17.3 Å². The topological polar surface area (TPSA) is 76.9 Å². The molecule has 2 aromatic carbocycles. The van der Waals surface area contributed by atoms with Crippen LogP contribution in [0.5, 0.6) is 5.75 Å². The number of nitrogens with one attached hydrogen (secondary N) is 2. The highest BCUT2D eigenvalue weighted by Gasteiger charge is 2.33. The van der Waals surface area contributed by atoms with Gasteiger partial charge < -0.3 is 19.9 Å². The molecule has 0 saturated carbocycles. The Morgan fingerprint density at radius 1 is 1.08 bits per heavy atom. The smallest absolute Gasteiger partial charge is 0.405 e. The second kappa shape index (κ2) is 10.3. The van der Waals surface area contributed by atoms with Crippen molar-refractivity contribution in [1.29, 1.82) is 0 Å². The molecule has 7 nitrogen and oxygen atoms in total. The Hall–Kier alpha value is -3.80. The number of nitrogens with zero attached hydrogens (tertiary/aromatic N) is 4. The number of ether oxygens (including phenoxy) is 1. The maximum absolute atomic E-state index is 13.6. The molecular weight excluding hydrogens is 495 g/mol. The zero-order valence-electron chi connectivity index (χ0n) is 19.5. The first-order chi connectivity index (χ1) is 17.8. The minimum absolute atomic E-state index is 0.137. The number of rotatable bonds is 7. The monoisotopic (exact) mass is 518 g/mol. The molecule has 0 bridgehead atoms. The normalized spacial score (nSPS) is 16.2. The van der Waals surface area contributed by atoms with Crippen LogP contribution < -0.4 is 15.4 Å². The number of imidazole rings is 1. The average molecular weight is 518 g/mol. The van der Waals surface area contributed by atoms with Gasteiger partial charge in [0.2, 0.25) is 5.95 Å². The van der Waals surface area contributed by atoms with E-state index in [1.807, 2.05) is 0 Å². The molecule has 12 heteroatoms. The minimum atomic E-state index is -4.86. The van der Waals surface area contributed by atoms with Gasteiger partial charge in [-0.15, -0.1) is 13.2 Å². The third-order valence-corrected chi connectivity index (χ3v) is 6.12. The number of piperidine rings is 1. The highest BCUT2D eigenvalue weighted by atomic mass is 19.4. The fraction of sp³-hybridized carbons (Fsp3) is 0.320. The molecule has 0 unspecified atom stereocenters. The standard InChI is InChI=1S/C25H23F5N6O/c26-18-8-7-15(10-19(18)27)12-32-24-33-13-20-23(35-24)36(14-16-4-3-9-31-11-16)22(34-20)17-5-1-2-6-21(17)37-25(28,29)30/h1-2,5-8,10,13,16,31H,3-4,9,11-12,14H2,(H,32,33,35)/t16-/m1/s1. The second-order valence-corrected chi connectivity index (χ2v) is 8.81. The number of hydrogen-bond acceptors (Lipinski definition) is 6. The van der Waals surface area contributed by atoms with Crippen LogP contribution in [0.4, 0.5) is 27.9 Å². The summed E-state index contributed by atoms with van der Waals surface area (Å²) in [6.45, 7) is 2.28. The Balaban J connectivity index is 1.53. The van der Waals surface area contributed by atoms with E-state index in [9.17, 15) is 22.0 Å². The molecule has 0 spiro atoms. The lowest BCUT2D eigenvalue weighted by Crippen LogP contribution is -2.32. The number of aromatic nitrogens is 4. The molecule has 2 aromatic heterocycles. The Morgan fingerprint density at radius 2 is 1.92 bits per heavy atom. The number of para-hydroxylation sites is 1. The van der Waals surface area contributed by atoms with Crippen molar-refractivity contribution in [2.75, 3.05) is 18.4 Å². The first-order valence-corrected chi connectivity index (χ1v) is 11.7. The van der Waals surface area contributed by atoms with Crippen LogP contribution in [-0.2, 0) is 13.1 Å². The number of alkyl halides is 3. The fourth-order valence-electron chi connectivity index (χ4n) is 4.42. The van der Waals surface area contributed by atoms with Gasteiger partial charge in [0.1, 0.15) is 17.1 Å². The summed E-state index contributed by atoms with van der Waals surface area (Å²) < 4.78 is 72.2. The van der Waals surface area contributed by atoms with Crippen molar-refractivity contribution in [2.45, 2.75) is 32.3 Å². The molecule has 4 aromatic rings. The first-order valence-electron chi connectivity index (χ1n) is 11.7. The molecule has 194 valence electrons. The summed E-state index contributed by atoms with van der Waals surface area (Å²) in [6, 6.07) is 9.41. The molecule has 0 radical (unpaired) electrons. The number of fused-ring (bicyclic) bond motifs is 1. The Labute approximate surface area is 208 Å². The van der Waals surface area contributed by atoms with E-state index < -0.39 is 18.0 Å². The maximum atomic E-state index is 13.6.